The molecule has 0 saturated carbocycles. The highest BCUT2D eigenvalue weighted by atomic mass is 31.2. The Morgan fingerprint density at radius 1 is 0.810 bits per heavy atom. The molecule has 5 atom stereocenters. The first-order chi connectivity index (χ1) is 26.3. The molecule has 58 heavy (non-hydrogen) atoms. The molecular weight excluding hydrogens is 804 g/mol. The van der Waals surface area contributed by atoms with Gasteiger partial charge >= 0.3 is 7.67 Å². The molecule has 0 bridgehead atoms. The zero-order valence-corrected chi connectivity index (χ0v) is 42.5. The summed E-state index contributed by atoms with van der Waals surface area (Å²) in [6.07, 6.45) is -0.807. The minimum atomic E-state index is -4.15. The van der Waals surface area contributed by atoms with Crippen molar-refractivity contribution in [3.05, 3.63) is 52.6 Å². The molecule has 2 aliphatic heterocycles. The number of aliphatic imine (C=N–C) groups is 1. The normalized spacial score (nSPS) is 23.9. The smallest absolute Gasteiger partial charge is 0.414 e. The molecule has 1 aromatic carbocycles. The van der Waals surface area contributed by atoms with Crippen LogP contribution in [0.3, 0.4) is 0 Å². The average molecular weight is 875 g/mol. The molecule has 0 radical (unpaired) electrons. The Morgan fingerprint density at radius 3 is 1.83 bits per heavy atom. The maximum Gasteiger partial charge on any atom is 0.433 e. The zero-order chi connectivity index (χ0) is 43.8. The third-order valence-corrected chi connectivity index (χ3v) is 29.3. The molecule has 4 heterocycles. The fourth-order valence-electron chi connectivity index (χ4n) is 6.60. The number of hydrogen-bond acceptors (Lipinski definition) is 10. The summed E-state index contributed by atoms with van der Waals surface area (Å²) in [4.78, 5) is 29.3. The third-order valence-electron chi connectivity index (χ3n) is 13.0. The molecule has 0 spiro atoms. The van der Waals surface area contributed by atoms with Crippen LogP contribution in [0, 0.1) is 0 Å². The number of ether oxygens (including phenoxy) is 1. The minimum Gasteiger partial charge on any atom is -0.414 e. The Morgan fingerprint density at radius 2 is 1.33 bits per heavy atom. The van der Waals surface area contributed by atoms with E-state index in [2.05, 4.69) is 107 Å². The fraction of sp³-hybridized carbons (Fsp3) is 0.707. The number of hydrogen-bond donors (Lipinski definition) is 0. The van der Waals surface area contributed by atoms with Crippen molar-refractivity contribution in [3.8, 4) is 0 Å². The Hall–Kier alpha value is -2.28. The summed E-state index contributed by atoms with van der Waals surface area (Å²) in [5, 5.41) is -0.254. The number of nitrogens with zero attached hydrogens (tertiary/aromatic N) is 6. The first-order valence-corrected chi connectivity index (χ1v) is 31.0. The Bertz CT molecular complexity index is 2090. The van der Waals surface area contributed by atoms with Crippen molar-refractivity contribution in [1.29, 1.82) is 0 Å². The predicted molar refractivity (Wildman–Crippen MR) is 242 cm³/mol. The maximum absolute atomic E-state index is 15.4. The lowest BCUT2D eigenvalue weighted by atomic mass is 10.1. The quantitative estimate of drug-likeness (QED) is 0.128. The number of benzene rings is 1. The van der Waals surface area contributed by atoms with Gasteiger partial charge in [-0.15, -0.1) is 0 Å². The number of fused-ring (bicyclic) bond motifs is 2. The van der Waals surface area contributed by atoms with Gasteiger partial charge in [0.15, 0.2) is 42.3 Å². The van der Waals surface area contributed by atoms with Crippen LogP contribution in [0.25, 0.3) is 11.2 Å². The third kappa shape index (κ3) is 8.74. The summed E-state index contributed by atoms with van der Waals surface area (Å²) in [6.45, 7) is 41.5. The molecule has 2 aromatic heterocycles. The molecule has 0 amide bonds. The minimum absolute atomic E-state index is 0.0213. The Labute approximate surface area is 350 Å². The summed E-state index contributed by atoms with van der Waals surface area (Å²) >= 11 is 0. The van der Waals surface area contributed by atoms with Crippen LogP contribution in [0.1, 0.15) is 102 Å². The van der Waals surface area contributed by atoms with Gasteiger partial charge in [-0.05, 0) is 94.2 Å². The van der Waals surface area contributed by atoms with Gasteiger partial charge < -0.3 is 22.5 Å². The molecule has 3 aromatic rings. The topological polar surface area (TPSA) is 132 Å². The van der Waals surface area contributed by atoms with Gasteiger partial charge in [-0.2, -0.15) is 19.0 Å². The van der Waals surface area contributed by atoms with Gasteiger partial charge in [0.25, 0.3) is 5.56 Å². The molecule has 1 saturated heterocycles. The van der Waals surface area contributed by atoms with Gasteiger partial charge in [0.1, 0.15) is 18.3 Å². The summed E-state index contributed by atoms with van der Waals surface area (Å²) in [5.74, 6) is 0.0835. The first-order valence-electron chi connectivity index (χ1n) is 20.7. The van der Waals surface area contributed by atoms with Crippen molar-refractivity contribution in [2.75, 3.05) is 6.61 Å². The predicted octanol–water partition coefficient (Wildman–Crippen LogP) is 10.5. The standard InChI is InChI=1S/C41H71N6O7PSi3/c1-27(2)46(28(3)4)55(49)47-36(48)31-34(43-38(47)44-35(52-55)29-23-21-20-22-24-29)45(26-42-31)37-33(54-58(18,19)41(11,12)13)32(53-57(16,17)40(8,9)10)30(51-37)25-50-56(14,15)39(5,6)7/h20-24,26-28,30,32-33,37H,25H2,1-19H3/t30-,32-,33-,37-,55?/m1/s1. The van der Waals surface area contributed by atoms with Crippen molar-refractivity contribution >= 4 is 55.6 Å². The summed E-state index contributed by atoms with van der Waals surface area (Å²) in [7, 11) is -11.3. The second-order valence-corrected chi connectivity index (χ2v) is 37.5. The fourth-order valence-corrected chi connectivity index (χ4v) is 12.8. The van der Waals surface area contributed by atoms with Crippen LogP contribution in [0.2, 0.25) is 54.4 Å². The molecule has 1 unspecified atom stereocenters. The molecule has 13 nitrogen and oxygen atoms in total. The van der Waals surface area contributed by atoms with Crippen LogP contribution in [0.15, 0.2) is 46.4 Å². The van der Waals surface area contributed by atoms with E-state index in [0.717, 1.165) is 4.34 Å². The lowest BCUT2D eigenvalue weighted by Gasteiger charge is -2.44. The molecule has 17 heteroatoms. The van der Waals surface area contributed by atoms with E-state index in [9.17, 15) is 4.79 Å². The van der Waals surface area contributed by atoms with Crippen LogP contribution in [0.5, 0.6) is 0 Å². The van der Waals surface area contributed by atoms with Gasteiger partial charge in [0, 0.05) is 17.6 Å². The molecule has 5 rings (SSSR count). The van der Waals surface area contributed by atoms with Crippen LogP contribution in [-0.2, 0) is 27.1 Å². The SMILES string of the molecule is CC(C)N(C(C)C)P1(=O)OC(c2ccccc2)=Nc2nc3c(ncn3[C@@H]3O[C@H](CO[Si](C)(C)C(C)(C)C)[C@@H](O[Si](C)(C)C(C)(C)C)[C@H]3O[Si](C)(C)C(C)(C)C)c(=O)n21. The van der Waals surface area contributed by atoms with Gasteiger partial charge in [-0.25, -0.2) is 9.55 Å². The monoisotopic (exact) mass is 874 g/mol. The summed E-state index contributed by atoms with van der Waals surface area (Å²) < 4.78 is 55.1. The second-order valence-electron chi connectivity index (χ2n) is 21.1. The van der Waals surface area contributed by atoms with Crippen molar-refractivity contribution in [1.82, 2.24) is 23.5 Å². The highest BCUT2D eigenvalue weighted by Crippen LogP contribution is 2.58. The van der Waals surface area contributed by atoms with Crippen LogP contribution in [0.4, 0.5) is 5.95 Å². The Balaban J connectivity index is 1.76. The number of imidazole rings is 1. The number of aromatic nitrogens is 4. The van der Waals surface area contributed by atoms with Gasteiger partial charge in [-0.3, -0.25) is 9.36 Å². The van der Waals surface area contributed by atoms with E-state index in [1.807, 2.05) is 58.0 Å². The largest absolute Gasteiger partial charge is 0.433 e. The average Bonchev–Trinajstić information content (AvgIpc) is 3.62. The van der Waals surface area contributed by atoms with E-state index < -0.39 is 62.7 Å². The molecule has 0 N–H and O–H groups in total. The van der Waals surface area contributed by atoms with E-state index in [-0.39, 0.29) is 50.2 Å². The highest BCUT2D eigenvalue weighted by molar-refractivity contribution is 7.55. The summed E-state index contributed by atoms with van der Waals surface area (Å²) in [6, 6.07) is 8.76. The van der Waals surface area contributed by atoms with Gasteiger partial charge in [0.2, 0.25) is 11.8 Å². The van der Waals surface area contributed by atoms with Crippen molar-refractivity contribution in [2.24, 2.45) is 4.99 Å². The van der Waals surface area contributed by atoms with Crippen LogP contribution >= 0.6 is 7.67 Å². The van der Waals surface area contributed by atoms with E-state index in [4.69, 9.17) is 32.5 Å². The molecule has 0 aliphatic carbocycles. The van der Waals surface area contributed by atoms with E-state index in [1.165, 1.54) is 0 Å². The van der Waals surface area contributed by atoms with Gasteiger partial charge in [0.05, 0.1) is 12.9 Å². The number of rotatable bonds is 12. The van der Waals surface area contributed by atoms with Crippen molar-refractivity contribution in [3.63, 3.8) is 0 Å². The molecule has 324 valence electrons. The molecule has 2 aliphatic rings. The van der Waals surface area contributed by atoms with E-state index >= 15 is 4.57 Å². The summed E-state index contributed by atoms with van der Waals surface area (Å²) in [5.41, 5.74) is 0.265. The van der Waals surface area contributed by atoms with Gasteiger partial charge in [-0.1, -0.05) is 80.5 Å². The Kier molecular flexibility index (Phi) is 12.8. The second kappa shape index (κ2) is 15.9. The van der Waals surface area contributed by atoms with Crippen LogP contribution in [-0.4, -0.2) is 91.4 Å². The lowest BCUT2D eigenvalue weighted by molar-refractivity contribution is -0.0470. The molecular formula is C41H71N6O7PSi3. The maximum atomic E-state index is 15.4. The van der Waals surface area contributed by atoms with E-state index in [1.54, 1.807) is 15.6 Å². The van der Waals surface area contributed by atoms with Crippen LogP contribution < -0.4 is 5.56 Å². The zero-order valence-electron chi connectivity index (χ0n) is 38.6. The highest BCUT2D eigenvalue weighted by Gasteiger charge is 2.56. The lowest BCUT2D eigenvalue weighted by Crippen LogP contribution is -2.54. The van der Waals surface area contributed by atoms with Crippen molar-refractivity contribution < 1.29 is 27.1 Å². The molecule has 1 fully saturated rings. The van der Waals surface area contributed by atoms with Crippen molar-refractivity contribution in [2.45, 2.75) is 181 Å². The first kappa shape index (κ1) is 46.8. The van der Waals surface area contributed by atoms with E-state index in [0.29, 0.717) is 12.2 Å².